The highest BCUT2D eigenvalue weighted by Gasteiger charge is 2.29. The molecule has 1 saturated heterocycles. The van der Waals surface area contributed by atoms with Crippen LogP contribution in [0.25, 0.3) is 0 Å². The molecule has 0 aromatic carbocycles. The van der Waals surface area contributed by atoms with Crippen molar-refractivity contribution in [3.05, 3.63) is 12.2 Å². The van der Waals surface area contributed by atoms with Gasteiger partial charge < -0.3 is 21.1 Å². The average Bonchev–Trinajstić information content (AvgIpc) is 2.84. The molecule has 3 amide bonds. The standard InChI is InChI=1S/C13H19N3O5/c1-2-21-11(18)5-3-4-8(12(14)19)16-13(20)9-6-7-10(17)15-9/h3,5,8-9H,2,4,6-7H2,1H3,(H2,14,19)(H,15,17)(H,16,20)/b5-3+/t8-,9-/m0/s1. The molecular formula is C13H19N3O5. The minimum atomic E-state index is -0.944. The van der Waals surface area contributed by atoms with E-state index in [0.717, 1.165) is 0 Å². The van der Waals surface area contributed by atoms with Crippen molar-refractivity contribution in [2.45, 2.75) is 38.3 Å². The van der Waals surface area contributed by atoms with Crippen LogP contribution in [0.2, 0.25) is 0 Å². The van der Waals surface area contributed by atoms with Crippen molar-refractivity contribution < 1.29 is 23.9 Å². The van der Waals surface area contributed by atoms with E-state index in [1.165, 1.54) is 12.2 Å². The summed E-state index contributed by atoms with van der Waals surface area (Å²) in [6, 6.07) is -1.59. The van der Waals surface area contributed by atoms with E-state index in [1.807, 2.05) is 0 Å². The van der Waals surface area contributed by atoms with Crippen LogP contribution in [-0.4, -0.2) is 42.4 Å². The van der Waals surface area contributed by atoms with Gasteiger partial charge in [-0.15, -0.1) is 0 Å². The smallest absolute Gasteiger partial charge is 0.330 e. The molecule has 1 aliphatic rings. The lowest BCUT2D eigenvalue weighted by Crippen LogP contribution is -2.50. The largest absolute Gasteiger partial charge is 0.463 e. The van der Waals surface area contributed by atoms with Gasteiger partial charge in [0.05, 0.1) is 6.61 Å². The van der Waals surface area contributed by atoms with Gasteiger partial charge >= 0.3 is 5.97 Å². The molecule has 8 heteroatoms. The van der Waals surface area contributed by atoms with Crippen LogP contribution >= 0.6 is 0 Å². The molecule has 1 aliphatic heterocycles. The Kier molecular flexibility index (Phi) is 6.38. The predicted molar refractivity (Wildman–Crippen MR) is 72.7 cm³/mol. The number of hydrogen-bond donors (Lipinski definition) is 3. The summed E-state index contributed by atoms with van der Waals surface area (Å²) in [5, 5.41) is 4.95. The van der Waals surface area contributed by atoms with Gasteiger partial charge in [-0.3, -0.25) is 14.4 Å². The van der Waals surface area contributed by atoms with Crippen molar-refractivity contribution in [3.63, 3.8) is 0 Å². The number of ether oxygens (including phenoxy) is 1. The van der Waals surface area contributed by atoms with E-state index in [2.05, 4.69) is 15.4 Å². The highest BCUT2D eigenvalue weighted by atomic mass is 16.5. The van der Waals surface area contributed by atoms with E-state index >= 15 is 0 Å². The van der Waals surface area contributed by atoms with E-state index < -0.39 is 29.9 Å². The Labute approximate surface area is 122 Å². The first-order chi connectivity index (χ1) is 9.93. The first-order valence-corrected chi connectivity index (χ1v) is 6.66. The summed E-state index contributed by atoms with van der Waals surface area (Å²) < 4.78 is 4.68. The van der Waals surface area contributed by atoms with Crippen LogP contribution in [0.4, 0.5) is 0 Å². The second-order valence-electron chi connectivity index (χ2n) is 4.51. The van der Waals surface area contributed by atoms with Crippen LogP contribution in [-0.2, 0) is 23.9 Å². The SMILES string of the molecule is CCOC(=O)/C=C/C[C@H](NC(=O)[C@@H]1CCC(=O)N1)C(N)=O. The van der Waals surface area contributed by atoms with E-state index in [0.29, 0.717) is 6.42 Å². The number of carbonyl (C=O) groups is 4. The number of carbonyl (C=O) groups excluding carboxylic acids is 4. The van der Waals surface area contributed by atoms with E-state index in [-0.39, 0.29) is 25.4 Å². The van der Waals surface area contributed by atoms with Crippen molar-refractivity contribution >= 4 is 23.7 Å². The van der Waals surface area contributed by atoms with Crippen LogP contribution < -0.4 is 16.4 Å². The second-order valence-corrected chi connectivity index (χ2v) is 4.51. The molecule has 2 atom stereocenters. The Morgan fingerprint density at radius 1 is 1.52 bits per heavy atom. The van der Waals surface area contributed by atoms with E-state index in [9.17, 15) is 19.2 Å². The second kappa shape index (κ2) is 8.03. The molecular weight excluding hydrogens is 278 g/mol. The molecule has 0 bridgehead atoms. The van der Waals surface area contributed by atoms with Crippen LogP contribution in [0.3, 0.4) is 0 Å². The van der Waals surface area contributed by atoms with Gasteiger partial charge in [-0.05, 0) is 19.8 Å². The van der Waals surface area contributed by atoms with Crippen molar-refractivity contribution in [2.75, 3.05) is 6.61 Å². The van der Waals surface area contributed by atoms with Gasteiger partial charge in [-0.2, -0.15) is 0 Å². The first-order valence-electron chi connectivity index (χ1n) is 6.66. The van der Waals surface area contributed by atoms with Gasteiger partial charge in [-0.1, -0.05) is 6.08 Å². The molecule has 116 valence electrons. The zero-order valence-corrected chi connectivity index (χ0v) is 11.8. The normalized spacial score (nSPS) is 19.1. The van der Waals surface area contributed by atoms with Crippen molar-refractivity contribution in [3.8, 4) is 0 Å². The fraction of sp³-hybridized carbons (Fsp3) is 0.538. The fourth-order valence-corrected chi connectivity index (χ4v) is 1.82. The van der Waals surface area contributed by atoms with Gasteiger partial charge in [0.25, 0.3) is 0 Å². The Balaban J connectivity index is 2.50. The third-order valence-corrected chi connectivity index (χ3v) is 2.88. The van der Waals surface area contributed by atoms with Crippen LogP contribution in [0.15, 0.2) is 12.2 Å². The molecule has 21 heavy (non-hydrogen) atoms. The Bertz CT molecular complexity index is 461. The number of nitrogens with one attached hydrogen (secondary N) is 2. The minimum absolute atomic E-state index is 0.0700. The Morgan fingerprint density at radius 3 is 2.76 bits per heavy atom. The maximum Gasteiger partial charge on any atom is 0.330 e. The van der Waals surface area contributed by atoms with Gasteiger partial charge in [0.2, 0.25) is 17.7 Å². The van der Waals surface area contributed by atoms with Gasteiger partial charge in [0, 0.05) is 12.5 Å². The highest BCUT2D eigenvalue weighted by Crippen LogP contribution is 2.07. The zero-order valence-electron chi connectivity index (χ0n) is 11.8. The highest BCUT2D eigenvalue weighted by molar-refractivity contribution is 5.93. The van der Waals surface area contributed by atoms with Crippen molar-refractivity contribution in [1.29, 1.82) is 0 Å². The lowest BCUT2D eigenvalue weighted by molar-refractivity contribution is -0.137. The molecule has 1 rings (SSSR count). The Morgan fingerprint density at radius 2 is 2.24 bits per heavy atom. The van der Waals surface area contributed by atoms with E-state index in [1.54, 1.807) is 6.92 Å². The number of amides is 3. The van der Waals surface area contributed by atoms with Crippen molar-refractivity contribution in [1.82, 2.24) is 10.6 Å². The zero-order chi connectivity index (χ0) is 15.8. The third kappa shape index (κ3) is 5.64. The van der Waals surface area contributed by atoms with Crippen LogP contribution in [0, 0.1) is 0 Å². The number of hydrogen-bond acceptors (Lipinski definition) is 5. The summed E-state index contributed by atoms with van der Waals surface area (Å²) >= 11 is 0. The molecule has 1 fully saturated rings. The molecule has 8 nitrogen and oxygen atoms in total. The summed E-state index contributed by atoms with van der Waals surface area (Å²) in [5.41, 5.74) is 5.20. The Hall–Kier alpha value is -2.38. The monoisotopic (exact) mass is 297 g/mol. The summed E-state index contributed by atoms with van der Waals surface area (Å²) in [4.78, 5) is 45.3. The van der Waals surface area contributed by atoms with Gasteiger partial charge in [0.15, 0.2) is 0 Å². The summed E-state index contributed by atoms with van der Waals surface area (Å²) in [7, 11) is 0. The summed E-state index contributed by atoms with van der Waals surface area (Å²) in [6.45, 7) is 1.93. The summed E-state index contributed by atoms with van der Waals surface area (Å²) in [6.07, 6.45) is 3.31. The van der Waals surface area contributed by atoms with Gasteiger partial charge in [0.1, 0.15) is 12.1 Å². The predicted octanol–water partition coefficient (Wildman–Crippen LogP) is -1.26. The molecule has 1 heterocycles. The topological polar surface area (TPSA) is 128 Å². The summed E-state index contributed by atoms with van der Waals surface area (Å²) in [5.74, 6) is -1.92. The number of rotatable bonds is 7. The molecule has 4 N–H and O–H groups in total. The molecule has 0 aromatic heterocycles. The quantitative estimate of drug-likeness (QED) is 0.399. The molecule has 0 spiro atoms. The number of esters is 1. The average molecular weight is 297 g/mol. The van der Waals surface area contributed by atoms with Crippen molar-refractivity contribution in [2.24, 2.45) is 5.73 Å². The number of nitrogens with two attached hydrogens (primary N) is 1. The molecule has 0 aromatic rings. The van der Waals surface area contributed by atoms with Crippen LogP contribution in [0.5, 0.6) is 0 Å². The first kappa shape index (κ1) is 16.7. The number of primary amides is 1. The third-order valence-electron chi connectivity index (χ3n) is 2.88. The lowest BCUT2D eigenvalue weighted by atomic mass is 10.1. The van der Waals surface area contributed by atoms with Gasteiger partial charge in [-0.25, -0.2) is 4.79 Å². The maximum atomic E-state index is 11.9. The maximum absolute atomic E-state index is 11.9. The molecule has 0 radical (unpaired) electrons. The van der Waals surface area contributed by atoms with E-state index in [4.69, 9.17) is 5.73 Å². The van der Waals surface area contributed by atoms with Crippen LogP contribution in [0.1, 0.15) is 26.2 Å². The molecule has 0 aliphatic carbocycles. The molecule has 0 unspecified atom stereocenters. The molecule has 0 saturated carbocycles. The fourth-order valence-electron chi connectivity index (χ4n) is 1.82. The lowest BCUT2D eigenvalue weighted by Gasteiger charge is -2.16. The minimum Gasteiger partial charge on any atom is -0.463 e.